The summed E-state index contributed by atoms with van der Waals surface area (Å²) < 4.78 is 15.8. The van der Waals surface area contributed by atoms with Gasteiger partial charge in [-0.3, -0.25) is 4.79 Å². The van der Waals surface area contributed by atoms with Crippen molar-refractivity contribution in [3.05, 3.63) is 59.7 Å². The third-order valence-corrected chi connectivity index (χ3v) is 3.70. The third kappa shape index (κ3) is 5.14. The molecule has 26 heavy (non-hydrogen) atoms. The smallest absolute Gasteiger partial charge is 0.407 e. The number of nitrogens with one attached hydrogen (secondary N) is 1. The lowest BCUT2D eigenvalue weighted by atomic mass is 10.0. The van der Waals surface area contributed by atoms with E-state index in [2.05, 4.69) is 5.32 Å². The van der Waals surface area contributed by atoms with Crippen molar-refractivity contribution >= 4 is 12.1 Å². The van der Waals surface area contributed by atoms with Crippen LogP contribution in [0.1, 0.15) is 23.6 Å². The lowest BCUT2D eigenvalue weighted by molar-refractivity contribution is -0.137. The van der Waals surface area contributed by atoms with Gasteiger partial charge in [0.15, 0.2) is 0 Å². The fourth-order valence-corrected chi connectivity index (χ4v) is 2.53. The zero-order valence-corrected chi connectivity index (χ0v) is 14.6. The summed E-state index contributed by atoms with van der Waals surface area (Å²) in [6.07, 6.45) is -1.08. The molecule has 1 atom stereocenters. The van der Waals surface area contributed by atoms with Crippen LogP contribution in [0.25, 0.3) is 0 Å². The monoisotopic (exact) mass is 359 g/mol. The Kier molecular flexibility index (Phi) is 6.84. The van der Waals surface area contributed by atoms with Crippen LogP contribution >= 0.6 is 0 Å². The van der Waals surface area contributed by atoms with Crippen molar-refractivity contribution in [2.24, 2.45) is 0 Å². The maximum absolute atomic E-state index is 12.2. The molecule has 2 N–H and O–H groups in total. The second-order valence-corrected chi connectivity index (χ2v) is 5.43. The van der Waals surface area contributed by atoms with Crippen LogP contribution in [0.4, 0.5) is 4.79 Å². The quantitative estimate of drug-likeness (QED) is 0.752. The number of hydrogen-bond donors (Lipinski definition) is 2. The molecule has 0 aliphatic rings. The van der Waals surface area contributed by atoms with Crippen LogP contribution in [-0.4, -0.2) is 31.4 Å². The van der Waals surface area contributed by atoms with Crippen molar-refractivity contribution in [2.75, 3.05) is 14.2 Å². The second-order valence-electron chi connectivity index (χ2n) is 5.43. The first kappa shape index (κ1) is 19.1. The van der Waals surface area contributed by atoms with Crippen molar-refractivity contribution in [2.45, 2.75) is 19.1 Å². The first-order chi connectivity index (χ1) is 12.5. The predicted molar refractivity (Wildman–Crippen MR) is 94.3 cm³/mol. The average molecular weight is 359 g/mol. The summed E-state index contributed by atoms with van der Waals surface area (Å²) in [5, 5.41) is 11.8. The Morgan fingerprint density at radius 1 is 1.00 bits per heavy atom. The van der Waals surface area contributed by atoms with Gasteiger partial charge >= 0.3 is 12.1 Å². The van der Waals surface area contributed by atoms with Crippen molar-refractivity contribution in [1.29, 1.82) is 0 Å². The molecule has 7 nitrogen and oxygen atoms in total. The number of carboxylic acid groups (broad SMARTS) is 1. The van der Waals surface area contributed by atoms with E-state index in [9.17, 15) is 14.7 Å². The number of carboxylic acids is 1. The summed E-state index contributed by atoms with van der Waals surface area (Å²) >= 11 is 0. The van der Waals surface area contributed by atoms with Gasteiger partial charge in [0.1, 0.15) is 18.1 Å². The van der Waals surface area contributed by atoms with E-state index < -0.39 is 18.1 Å². The van der Waals surface area contributed by atoms with Gasteiger partial charge in [-0.25, -0.2) is 4.79 Å². The molecular formula is C19H21NO6. The Morgan fingerprint density at radius 3 is 2.15 bits per heavy atom. The molecule has 2 aromatic rings. The molecular weight excluding hydrogens is 338 g/mol. The molecule has 0 spiro atoms. The number of ether oxygens (including phenoxy) is 3. The molecule has 0 aliphatic heterocycles. The molecule has 138 valence electrons. The zero-order chi connectivity index (χ0) is 18.9. The van der Waals surface area contributed by atoms with E-state index in [1.807, 2.05) is 30.3 Å². The molecule has 0 unspecified atom stereocenters. The summed E-state index contributed by atoms with van der Waals surface area (Å²) in [6, 6.07) is 13.4. The van der Waals surface area contributed by atoms with Gasteiger partial charge in [0, 0.05) is 0 Å². The fourth-order valence-electron chi connectivity index (χ4n) is 2.53. The summed E-state index contributed by atoms with van der Waals surface area (Å²) in [7, 11) is 2.92. The molecule has 0 heterocycles. The van der Waals surface area contributed by atoms with Crippen LogP contribution in [0.15, 0.2) is 48.5 Å². The van der Waals surface area contributed by atoms with Crippen molar-refractivity contribution in [3.63, 3.8) is 0 Å². The molecule has 0 aromatic heterocycles. The molecule has 0 radical (unpaired) electrons. The van der Waals surface area contributed by atoms with Crippen LogP contribution in [0, 0.1) is 0 Å². The number of carbonyl (C=O) groups excluding carboxylic acids is 1. The lowest BCUT2D eigenvalue weighted by Gasteiger charge is -2.22. The summed E-state index contributed by atoms with van der Waals surface area (Å²) in [5.41, 5.74) is 1.27. The first-order valence-electron chi connectivity index (χ1n) is 7.95. The van der Waals surface area contributed by atoms with Crippen LogP contribution < -0.4 is 14.8 Å². The summed E-state index contributed by atoms with van der Waals surface area (Å²) in [5.74, 6) is -0.246. The number of hydrogen-bond acceptors (Lipinski definition) is 5. The van der Waals surface area contributed by atoms with E-state index in [1.165, 1.54) is 14.2 Å². The van der Waals surface area contributed by atoms with Crippen molar-refractivity contribution in [3.8, 4) is 11.5 Å². The van der Waals surface area contributed by atoms with Gasteiger partial charge in [0.2, 0.25) is 0 Å². The van der Waals surface area contributed by atoms with E-state index in [4.69, 9.17) is 14.2 Å². The molecule has 0 fully saturated rings. The zero-order valence-electron chi connectivity index (χ0n) is 14.6. The molecule has 0 aliphatic carbocycles. The number of alkyl carbamates (subject to hydrolysis) is 1. The maximum Gasteiger partial charge on any atom is 0.407 e. The highest BCUT2D eigenvalue weighted by molar-refractivity contribution is 5.73. The number of benzene rings is 2. The Hall–Kier alpha value is -3.22. The largest absolute Gasteiger partial charge is 0.496 e. The van der Waals surface area contributed by atoms with E-state index >= 15 is 0 Å². The number of aliphatic carboxylic acids is 1. The van der Waals surface area contributed by atoms with Gasteiger partial charge in [-0.1, -0.05) is 36.4 Å². The minimum atomic E-state index is -1.08. The molecule has 0 saturated carbocycles. The molecule has 2 aromatic carbocycles. The average Bonchev–Trinajstić information content (AvgIpc) is 2.65. The number of amides is 1. The van der Waals surface area contributed by atoms with E-state index in [0.29, 0.717) is 17.1 Å². The number of methoxy groups -OCH3 is 2. The molecule has 1 amide bonds. The minimum Gasteiger partial charge on any atom is -0.496 e. The normalized spacial score (nSPS) is 11.3. The predicted octanol–water partition coefficient (Wildman–Crippen LogP) is 3.15. The van der Waals surface area contributed by atoms with Crippen molar-refractivity contribution in [1.82, 2.24) is 5.32 Å². The van der Waals surface area contributed by atoms with E-state index in [0.717, 1.165) is 5.56 Å². The molecule has 0 saturated heterocycles. The van der Waals surface area contributed by atoms with Gasteiger partial charge in [0.25, 0.3) is 0 Å². The number of rotatable bonds is 8. The topological polar surface area (TPSA) is 94.1 Å². The molecule has 7 heteroatoms. The standard InChI is InChI=1S/C19H21NO6/c1-24-15-9-6-10-16(25-2)18(15)14(11-17(21)22)20-19(23)26-12-13-7-4-3-5-8-13/h3-10,14H,11-12H2,1-2H3,(H,20,23)(H,21,22)/t14-/m0/s1. The summed E-state index contributed by atoms with van der Waals surface area (Å²) in [4.78, 5) is 23.4. The minimum absolute atomic E-state index is 0.0789. The van der Waals surface area contributed by atoms with E-state index in [1.54, 1.807) is 18.2 Å². The number of carbonyl (C=O) groups is 2. The van der Waals surface area contributed by atoms with Gasteiger partial charge in [-0.05, 0) is 17.7 Å². The maximum atomic E-state index is 12.2. The van der Waals surface area contributed by atoms with Gasteiger partial charge < -0.3 is 24.6 Å². The Morgan fingerprint density at radius 2 is 1.62 bits per heavy atom. The van der Waals surface area contributed by atoms with Gasteiger partial charge in [-0.2, -0.15) is 0 Å². The van der Waals surface area contributed by atoms with Crippen LogP contribution in [0.2, 0.25) is 0 Å². The summed E-state index contributed by atoms with van der Waals surface area (Å²) in [6.45, 7) is 0.0789. The van der Waals surface area contributed by atoms with Crippen molar-refractivity contribution < 1.29 is 28.9 Å². The highest BCUT2D eigenvalue weighted by Gasteiger charge is 2.25. The van der Waals surface area contributed by atoms with Gasteiger partial charge in [0.05, 0.1) is 32.2 Å². The third-order valence-electron chi connectivity index (χ3n) is 3.70. The Balaban J connectivity index is 2.17. The highest BCUT2D eigenvalue weighted by Crippen LogP contribution is 2.35. The lowest BCUT2D eigenvalue weighted by Crippen LogP contribution is -2.31. The molecule has 2 rings (SSSR count). The van der Waals surface area contributed by atoms with Gasteiger partial charge in [-0.15, -0.1) is 0 Å². The molecule has 0 bridgehead atoms. The van der Waals surface area contributed by atoms with E-state index in [-0.39, 0.29) is 13.0 Å². The first-order valence-corrected chi connectivity index (χ1v) is 7.95. The Bertz CT molecular complexity index is 725. The van der Waals surface area contributed by atoms with Crippen LogP contribution in [0.3, 0.4) is 0 Å². The SMILES string of the molecule is COc1cccc(OC)c1[C@H](CC(=O)O)NC(=O)OCc1ccccc1. The Labute approximate surface area is 151 Å². The van der Waals surface area contributed by atoms with Crippen LogP contribution in [-0.2, 0) is 16.1 Å². The second kappa shape index (κ2) is 9.31. The van der Waals surface area contributed by atoms with Crippen LogP contribution in [0.5, 0.6) is 11.5 Å². The highest BCUT2D eigenvalue weighted by atomic mass is 16.5. The fraction of sp³-hybridized carbons (Fsp3) is 0.263.